The summed E-state index contributed by atoms with van der Waals surface area (Å²) in [5, 5.41) is 10.6. The zero-order chi connectivity index (χ0) is 19.2. The van der Waals surface area contributed by atoms with E-state index >= 15 is 0 Å². The van der Waals surface area contributed by atoms with Crippen LogP contribution in [0.5, 0.6) is 0 Å². The molecule has 2 heterocycles. The zero-order valence-corrected chi connectivity index (χ0v) is 15.9. The quantitative estimate of drug-likeness (QED) is 0.820. The van der Waals surface area contributed by atoms with Gasteiger partial charge in [0.1, 0.15) is 0 Å². The summed E-state index contributed by atoms with van der Waals surface area (Å²) in [6, 6.07) is 9.09. The second kappa shape index (κ2) is 8.81. The molecule has 0 spiro atoms. The first-order chi connectivity index (χ1) is 13.1. The molecule has 1 aromatic carbocycles. The number of carbonyl (C=O) groups is 2. The molecule has 2 amide bonds. The molecule has 1 aliphatic rings. The number of rotatable bonds is 6. The predicted octanol–water partition coefficient (Wildman–Crippen LogP) is 2.54. The molecule has 3 rings (SSSR count). The number of benzene rings is 1. The molecule has 0 aliphatic carbocycles. The number of aromatic nitrogens is 2. The first-order valence-corrected chi connectivity index (χ1v) is 9.59. The third kappa shape index (κ3) is 4.36. The van der Waals surface area contributed by atoms with Gasteiger partial charge in [-0.05, 0) is 51.4 Å². The summed E-state index contributed by atoms with van der Waals surface area (Å²) in [6.45, 7) is 7.02. The fraction of sp³-hybridized carbons (Fsp3) is 0.450. The van der Waals surface area contributed by atoms with Crippen LogP contribution in [-0.4, -0.2) is 52.7 Å². The Labute approximate surface area is 159 Å². The maximum Gasteiger partial charge on any atom is 0.276 e. The van der Waals surface area contributed by atoms with Crippen molar-refractivity contribution >= 4 is 17.5 Å². The van der Waals surface area contributed by atoms with Gasteiger partial charge >= 0.3 is 0 Å². The Bertz CT molecular complexity index is 791. The number of amides is 2. The Balaban J connectivity index is 1.75. The van der Waals surface area contributed by atoms with Crippen molar-refractivity contribution in [1.82, 2.24) is 20.0 Å². The summed E-state index contributed by atoms with van der Waals surface area (Å²) in [6.07, 6.45) is 4.00. The van der Waals surface area contributed by atoms with Gasteiger partial charge in [-0.3, -0.25) is 14.3 Å². The molecule has 7 heteroatoms. The van der Waals surface area contributed by atoms with Gasteiger partial charge in [0.2, 0.25) is 0 Å². The first kappa shape index (κ1) is 19.1. The maximum absolute atomic E-state index is 12.7. The molecule has 1 aliphatic heterocycles. The lowest BCUT2D eigenvalue weighted by molar-refractivity contribution is 0.0774. The van der Waals surface area contributed by atoms with E-state index in [0.717, 1.165) is 25.9 Å². The van der Waals surface area contributed by atoms with Gasteiger partial charge in [-0.25, -0.2) is 0 Å². The van der Waals surface area contributed by atoms with E-state index in [1.165, 1.54) is 0 Å². The van der Waals surface area contributed by atoms with Crippen LogP contribution in [0, 0.1) is 0 Å². The van der Waals surface area contributed by atoms with Crippen LogP contribution in [0.4, 0.5) is 5.69 Å². The molecular formula is C20H27N5O2. The number of carbonyl (C=O) groups excluding carboxylic acids is 2. The Kier molecular flexibility index (Phi) is 6.24. The summed E-state index contributed by atoms with van der Waals surface area (Å²) in [5.74, 6) is -0.396. The summed E-state index contributed by atoms with van der Waals surface area (Å²) >= 11 is 0. The fourth-order valence-corrected chi connectivity index (χ4v) is 3.37. The van der Waals surface area contributed by atoms with Crippen molar-refractivity contribution in [3.8, 4) is 0 Å². The summed E-state index contributed by atoms with van der Waals surface area (Å²) in [7, 11) is 0. The van der Waals surface area contributed by atoms with E-state index in [0.29, 0.717) is 30.0 Å². The topological polar surface area (TPSA) is 79.3 Å². The Hall–Kier alpha value is -2.67. The van der Waals surface area contributed by atoms with Crippen molar-refractivity contribution in [1.29, 1.82) is 0 Å². The number of nitrogens with one attached hydrogen (secondary N) is 2. The Morgan fingerprint density at radius 2 is 2.04 bits per heavy atom. The van der Waals surface area contributed by atoms with E-state index in [1.54, 1.807) is 35.2 Å². The molecule has 0 saturated carbocycles. The fourth-order valence-electron chi connectivity index (χ4n) is 3.37. The molecule has 1 fully saturated rings. The highest BCUT2D eigenvalue weighted by Crippen LogP contribution is 2.19. The molecule has 0 radical (unpaired) electrons. The SMILES string of the molecule is CCN(CC)C(=O)c1ccccc1NC(=O)c1ccn(C2CCCNC2)n1. The summed E-state index contributed by atoms with van der Waals surface area (Å²) in [5.41, 5.74) is 1.35. The number of piperidine rings is 1. The highest BCUT2D eigenvalue weighted by Gasteiger charge is 2.20. The first-order valence-electron chi connectivity index (χ1n) is 9.59. The molecule has 0 bridgehead atoms. The average molecular weight is 369 g/mol. The molecule has 1 aromatic heterocycles. The van der Waals surface area contributed by atoms with Gasteiger partial charge < -0.3 is 15.5 Å². The Morgan fingerprint density at radius 1 is 1.26 bits per heavy atom. The lowest BCUT2D eigenvalue weighted by Gasteiger charge is -2.22. The van der Waals surface area contributed by atoms with Crippen LogP contribution in [0.15, 0.2) is 36.5 Å². The molecule has 1 unspecified atom stereocenters. The van der Waals surface area contributed by atoms with Gasteiger partial charge in [-0.2, -0.15) is 5.10 Å². The molecule has 1 saturated heterocycles. The lowest BCUT2D eigenvalue weighted by Crippen LogP contribution is -2.32. The van der Waals surface area contributed by atoms with Crippen LogP contribution in [0.2, 0.25) is 0 Å². The highest BCUT2D eigenvalue weighted by molar-refractivity contribution is 6.08. The third-order valence-electron chi connectivity index (χ3n) is 4.94. The molecule has 2 N–H and O–H groups in total. The van der Waals surface area contributed by atoms with E-state index in [9.17, 15) is 9.59 Å². The Morgan fingerprint density at radius 3 is 2.74 bits per heavy atom. The minimum absolute atomic E-state index is 0.0882. The molecule has 2 aromatic rings. The minimum Gasteiger partial charge on any atom is -0.339 e. The normalized spacial score (nSPS) is 16.7. The lowest BCUT2D eigenvalue weighted by atomic mass is 10.1. The van der Waals surface area contributed by atoms with Gasteiger partial charge in [-0.1, -0.05) is 12.1 Å². The van der Waals surface area contributed by atoms with Crippen molar-refractivity contribution in [3.05, 3.63) is 47.8 Å². The largest absolute Gasteiger partial charge is 0.339 e. The van der Waals surface area contributed by atoms with Gasteiger partial charge in [0.15, 0.2) is 5.69 Å². The zero-order valence-electron chi connectivity index (χ0n) is 15.9. The minimum atomic E-state index is -0.308. The van der Waals surface area contributed by atoms with Crippen molar-refractivity contribution in [3.63, 3.8) is 0 Å². The monoisotopic (exact) mass is 369 g/mol. The van der Waals surface area contributed by atoms with Crippen molar-refractivity contribution in [2.45, 2.75) is 32.7 Å². The molecule has 7 nitrogen and oxygen atoms in total. The predicted molar refractivity (Wildman–Crippen MR) is 105 cm³/mol. The van der Waals surface area contributed by atoms with Crippen molar-refractivity contribution in [2.75, 3.05) is 31.5 Å². The second-order valence-electron chi connectivity index (χ2n) is 6.66. The standard InChI is InChI=1S/C20H27N5O2/c1-3-24(4-2)20(27)16-9-5-6-10-17(16)22-19(26)18-11-13-25(23-18)15-8-7-12-21-14-15/h5-6,9-11,13,15,21H,3-4,7-8,12,14H2,1-2H3,(H,22,26). The maximum atomic E-state index is 12.7. The van der Waals surface area contributed by atoms with Crippen LogP contribution in [0.1, 0.15) is 53.6 Å². The number of nitrogens with zero attached hydrogens (tertiary/aromatic N) is 3. The molecule has 1 atom stereocenters. The van der Waals surface area contributed by atoms with Crippen LogP contribution >= 0.6 is 0 Å². The number of para-hydroxylation sites is 1. The van der Waals surface area contributed by atoms with Crippen LogP contribution in [0.3, 0.4) is 0 Å². The van der Waals surface area contributed by atoms with Gasteiger partial charge in [0, 0.05) is 25.8 Å². The van der Waals surface area contributed by atoms with Gasteiger partial charge in [0.25, 0.3) is 11.8 Å². The second-order valence-corrected chi connectivity index (χ2v) is 6.66. The molecule has 27 heavy (non-hydrogen) atoms. The van der Waals surface area contributed by atoms with Crippen LogP contribution in [-0.2, 0) is 0 Å². The summed E-state index contributed by atoms with van der Waals surface area (Å²) in [4.78, 5) is 27.1. The van der Waals surface area contributed by atoms with Crippen molar-refractivity contribution < 1.29 is 9.59 Å². The number of hydrogen-bond donors (Lipinski definition) is 2. The summed E-state index contributed by atoms with van der Waals surface area (Å²) < 4.78 is 1.86. The average Bonchev–Trinajstić information content (AvgIpc) is 3.20. The van der Waals surface area contributed by atoms with Crippen LogP contribution in [0.25, 0.3) is 0 Å². The number of hydrogen-bond acceptors (Lipinski definition) is 4. The van der Waals surface area contributed by atoms with E-state index in [4.69, 9.17) is 0 Å². The third-order valence-corrected chi connectivity index (χ3v) is 4.94. The molecular weight excluding hydrogens is 342 g/mol. The number of anilines is 1. The van der Waals surface area contributed by atoms with E-state index < -0.39 is 0 Å². The van der Waals surface area contributed by atoms with E-state index in [2.05, 4.69) is 15.7 Å². The smallest absolute Gasteiger partial charge is 0.276 e. The highest BCUT2D eigenvalue weighted by atomic mass is 16.2. The molecule has 144 valence electrons. The van der Waals surface area contributed by atoms with Crippen molar-refractivity contribution in [2.24, 2.45) is 0 Å². The van der Waals surface area contributed by atoms with Crippen LogP contribution < -0.4 is 10.6 Å². The van der Waals surface area contributed by atoms with Gasteiger partial charge in [-0.15, -0.1) is 0 Å². The van der Waals surface area contributed by atoms with E-state index in [-0.39, 0.29) is 17.9 Å². The van der Waals surface area contributed by atoms with E-state index in [1.807, 2.05) is 24.7 Å². The van der Waals surface area contributed by atoms with Gasteiger partial charge in [0.05, 0.1) is 17.3 Å².